The van der Waals surface area contributed by atoms with Crippen molar-refractivity contribution in [3.05, 3.63) is 78.4 Å². The van der Waals surface area contributed by atoms with Gasteiger partial charge in [-0.05, 0) is 67.1 Å². The Kier molecular flexibility index (Phi) is 8.69. The Hall–Kier alpha value is -4.05. The van der Waals surface area contributed by atoms with E-state index in [1.165, 1.54) is 32.6 Å². The summed E-state index contributed by atoms with van der Waals surface area (Å²) in [5.74, 6) is 1.02. The summed E-state index contributed by atoms with van der Waals surface area (Å²) < 4.78 is 43.7. The second-order valence-electron chi connectivity index (χ2n) is 7.16. The number of nitrogens with one attached hydrogen (secondary N) is 1. The number of sulfonamides is 1. The van der Waals surface area contributed by atoms with Crippen LogP contribution in [0.15, 0.2) is 82.8 Å². The number of hydrogen-bond acceptors (Lipinski definition) is 7. The van der Waals surface area contributed by atoms with E-state index < -0.39 is 22.5 Å². The van der Waals surface area contributed by atoms with Crippen LogP contribution in [0.3, 0.4) is 0 Å². The molecular formula is C25H27N3O6S. The maximum atomic E-state index is 13.4. The lowest BCUT2D eigenvalue weighted by molar-refractivity contribution is -0.119. The van der Waals surface area contributed by atoms with Crippen LogP contribution >= 0.6 is 0 Å². The molecule has 10 heteroatoms. The van der Waals surface area contributed by atoms with E-state index in [2.05, 4.69) is 10.5 Å². The largest absolute Gasteiger partial charge is 0.494 e. The minimum atomic E-state index is -4.04. The SMILES string of the molecule is CCOc1ccc(S(=O)(=O)N(CC(=O)N/N=C\c2ccc(OC)c(OC)c2)c2ccccc2)cc1. The molecule has 3 aromatic rings. The number of hydrogen-bond donors (Lipinski definition) is 1. The summed E-state index contributed by atoms with van der Waals surface area (Å²) in [6, 6.07) is 19.6. The van der Waals surface area contributed by atoms with E-state index in [1.54, 1.807) is 60.7 Å². The lowest BCUT2D eigenvalue weighted by Crippen LogP contribution is -2.39. The average molecular weight is 498 g/mol. The van der Waals surface area contributed by atoms with Crippen LogP contribution < -0.4 is 23.9 Å². The molecule has 3 rings (SSSR count). The Morgan fingerprint density at radius 3 is 2.29 bits per heavy atom. The molecule has 0 saturated carbocycles. The number of carbonyl (C=O) groups excluding carboxylic acids is 1. The first-order valence-electron chi connectivity index (χ1n) is 10.7. The number of hydrazone groups is 1. The van der Waals surface area contributed by atoms with Gasteiger partial charge in [0.05, 0.1) is 37.6 Å². The fraction of sp³-hybridized carbons (Fsp3) is 0.200. The number of ether oxygens (including phenoxy) is 3. The Bertz CT molecular complexity index is 1260. The van der Waals surface area contributed by atoms with Gasteiger partial charge in [0.25, 0.3) is 15.9 Å². The predicted octanol–water partition coefficient (Wildman–Crippen LogP) is 3.45. The summed E-state index contributed by atoms with van der Waals surface area (Å²) in [7, 11) is -0.989. The van der Waals surface area contributed by atoms with Crippen LogP contribution in [0.4, 0.5) is 5.69 Å². The van der Waals surface area contributed by atoms with E-state index in [4.69, 9.17) is 14.2 Å². The number of methoxy groups -OCH3 is 2. The van der Waals surface area contributed by atoms with Gasteiger partial charge < -0.3 is 14.2 Å². The number of carbonyl (C=O) groups is 1. The molecule has 1 amide bonds. The van der Waals surface area contributed by atoms with Gasteiger partial charge in [-0.25, -0.2) is 13.8 Å². The third-order valence-corrected chi connectivity index (χ3v) is 6.65. The number of benzene rings is 3. The van der Waals surface area contributed by atoms with Crippen LogP contribution in [0.2, 0.25) is 0 Å². The molecule has 0 aliphatic carbocycles. The van der Waals surface area contributed by atoms with Gasteiger partial charge in [-0.3, -0.25) is 9.10 Å². The van der Waals surface area contributed by atoms with Gasteiger partial charge in [0, 0.05) is 0 Å². The van der Waals surface area contributed by atoms with E-state index in [0.717, 1.165) is 4.31 Å². The lowest BCUT2D eigenvalue weighted by atomic mass is 10.2. The minimum Gasteiger partial charge on any atom is -0.494 e. The smallest absolute Gasteiger partial charge is 0.264 e. The molecule has 35 heavy (non-hydrogen) atoms. The van der Waals surface area contributed by atoms with E-state index in [1.807, 2.05) is 6.92 Å². The number of anilines is 1. The molecule has 0 spiro atoms. The van der Waals surface area contributed by atoms with Gasteiger partial charge in [0.15, 0.2) is 11.5 Å². The van der Waals surface area contributed by atoms with Crippen LogP contribution in [-0.2, 0) is 14.8 Å². The monoisotopic (exact) mass is 497 g/mol. The Morgan fingerprint density at radius 1 is 0.971 bits per heavy atom. The van der Waals surface area contributed by atoms with Gasteiger partial charge in [-0.15, -0.1) is 0 Å². The Morgan fingerprint density at radius 2 is 1.66 bits per heavy atom. The molecule has 184 valence electrons. The molecule has 0 heterocycles. The number of rotatable bonds is 11. The average Bonchev–Trinajstić information content (AvgIpc) is 2.88. The molecule has 0 aliphatic rings. The molecule has 0 unspecified atom stereocenters. The normalized spacial score (nSPS) is 11.2. The van der Waals surface area contributed by atoms with Crippen molar-refractivity contribution in [3.8, 4) is 17.2 Å². The summed E-state index contributed by atoms with van der Waals surface area (Å²) in [6.45, 7) is 1.84. The highest BCUT2D eigenvalue weighted by Crippen LogP contribution is 2.27. The fourth-order valence-corrected chi connectivity index (χ4v) is 4.61. The zero-order valence-electron chi connectivity index (χ0n) is 19.7. The molecule has 0 aliphatic heterocycles. The first-order valence-corrected chi connectivity index (χ1v) is 12.2. The van der Waals surface area contributed by atoms with Gasteiger partial charge in [0.1, 0.15) is 12.3 Å². The zero-order valence-corrected chi connectivity index (χ0v) is 20.5. The van der Waals surface area contributed by atoms with Crippen molar-refractivity contribution < 1.29 is 27.4 Å². The van der Waals surface area contributed by atoms with Crippen molar-refractivity contribution in [3.63, 3.8) is 0 Å². The van der Waals surface area contributed by atoms with Crippen molar-refractivity contribution in [2.75, 3.05) is 31.7 Å². The molecule has 0 fully saturated rings. The Labute approximate surface area is 205 Å². The van der Waals surface area contributed by atoms with Gasteiger partial charge in [-0.2, -0.15) is 5.10 Å². The van der Waals surface area contributed by atoms with Crippen LogP contribution in [0, 0.1) is 0 Å². The molecule has 1 N–H and O–H groups in total. The maximum Gasteiger partial charge on any atom is 0.264 e. The Balaban J connectivity index is 1.78. The summed E-state index contributed by atoms with van der Waals surface area (Å²) in [4.78, 5) is 12.7. The molecule has 0 radical (unpaired) electrons. The third kappa shape index (κ3) is 6.51. The number of nitrogens with zero attached hydrogens (tertiary/aromatic N) is 2. The molecule has 0 saturated heterocycles. The van der Waals surface area contributed by atoms with E-state index in [9.17, 15) is 13.2 Å². The molecule has 0 aromatic heterocycles. The van der Waals surface area contributed by atoms with Gasteiger partial charge >= 0.3 is 0 Å². The standard InChI is InChI=1S/C25H27N3O6S/c1-4-34-21-11-13-22(14-12-21)35(30,31)28(20-8-6-5-7-9-20)18-25(29)27-26-17-19-10-15-23(32-2)24(16-19)33-3/h5-17H,4,18H2,1-3H3,(H,27,29)/b26-17-. The fourth-order valence-electron chi connectivity index (χ4n) is 3.19. The second kappa shape index (κ2) is 11.9. The van der Waals surface area contributed by atoms with Crippen LogP contribution in [0.25, 0.3) is 0 Å². The molecule has 0 atom stereocenters. The second-order valence-corrected chi connectivity index (χ2v) is 9.02. The zero-order chi connectivity index (χ0) is 25.3. The van der Waals surface area contributed by atoms with Gasteiger partial charge in [0.2, 0.25) is 0 Å². The minimum absolute atomic E-state index is 0.0337. The van der Waals surface area contributed by atoms with E-state index >= 15 is 0 Å². The van der Waals surface area contributed by atoms with Crippen molar-refractivity contribution in [2.24, 2.45) is 5.10 Å². The lowest BCUT2D eigenvalue weighted by Gasteiger charge is -2.23. The number of amides is 1. The summed E-state index contributed by atoms with van der Waals surface area (Å²) in [6.07, 6.45) is 1.42. The first kappa shape index (κ1) is 25.6. The van der Waals surface area contributed by atoms with Crippen molar-refractivity contribution in [2.45, 2.75) is 11.8 Å². The highest BCUT2D eigenvalue weighted by atomic mass is 32.2. The van der Waals surface area contributed by atoms with Crippen LogP contribution in [0.1, 0.15) is 12.5 Å². The summed E-state index contributed by atoms with van der Waals surface area (Å²) in [5, 5.41) is 3.95. The maximum absolute atomic E-state index is 13.4. The van der Waals surface area contributed by atoms with Crippen LogP contribution in [-0.4, -0.2) is 47.9 Å². The molecule has 9 nitrogen and oxygen atoms in total. The van der Waals surface area contributed by atoms with Crippen LogP contribution in [0.5, 0.6) is 17.2 Å². The first-order chi connectivity index (χ1) is 16.9. The summed E-state index contributed by atoms with van der Waals surface area (Å²) >= 11 is 0. The molecular weight excluding hydrogens is 470 g/mol. The molecule has 3 aromatic carbocycles. The quantitative estimate of drug-likeness (QED) is 0.321. The molecule has 0 bridgehead atoms. The summed E-state index contributed by atoms with van der Waals surface area (Å²) in [5.41, 5.74) is 3.38. The predicted molar refractivity (Wildman–Crippen MR) is 134 cm³/mol. The van der Waals surface area contributed by atoms with Crippen molar-refractivity contribution in [1.82, 2.24) is 5.43 Å². The van der Waals surface area contributed by atoms with Crippen molar-refractivity contribution >= 4 is 27.8 Å². The topological polar surface area (TPSA) is 107 Å². The van der Waals surface area contributed by atoms with E-state index in [0.29, 0.717) is 35.1 Å². The highest BCUT2D eigenvalue weighted by Gasteiger charge is 2.27. The third-order valence-electron chi connectivity index (χ3n) is 4.86. The van der Waals surface area contributed by atoms with Crippen molar-refractivity contribution in [1.29, 1.82) is 0 Å². The number of para-hydroxylation sites is 1. The van der Waals surface area contributed by atoms with Gasteiger partial charge in [-0.1, -0.05) is 18.2 Å². The highest BCUT2D eigenvalue weighted by molar-refractivity contribution is 7.92. The van der Waals surface area contributed by atoms with E-state index in [-0.39, 0.29) is 4.90 Å².